The first-order chi connectivity index (χ1) is 9.43. The van der Waals surface area contributed by atoms with Crippen molar-refractivity contribution in [3.8, 4) is 0 Å². The van der Waals surface area contributed by atoms with Crippen molar-refractivity contribution in [2.24, 2.45) is 11.7 Å². The molecule has 8 heteroatoms. The summed E-state index contributed by atoms with van der Waals surface area (Å²) in [5.41, 5.74) is 5.73. The minimum absolute atomic E-state index is 0.0860. The van der Waals surface area contributed by atoms with Crippen LogP contribution in [0.4, 0.5) is 5.13 Å². The number of ether oxygens (including phenoxy) is 1. The fourth-order valence-electron chi connectivity index (χ4n) is 1.97. The van der Waals surface area contributed by atoms with Crippen molar-refractivity contribution in [1.82, 2.24) is 4.98 Å². The Labute approximate surface area is 119 Å². The summed E-state index contributed by atoms with van der Waals surface area (Å²) in [7, 11) is 0. The van der Waals surface area contributed by atoms with Crippen molar-refractivity contribution in [3.63, 3.8) is 0 Å². The van der Waals surface area contributed by atoms with Crippen LogP contribution in [-0.4, -0.2) is 35.9 Å². The molecule has 20 heavy (non-hydrogen) atoms. The molecule has 0 aliphatic carbocycles. The molecule has 0 bridgehead atoms. The third kappa shape index (κ3) is 2.64. The van der Waals surface area contributed by atoms with Gasteiger partial charge >= 0.3 is 5.97 Å². The number of carbonyl (C=O) groups is 3. The van der Waals surface area contributed by atoms with Gasteiger partial charge in [-0.2, -0.15) is 0 Å². The molecule has 2 rings (SSSR count). The lowest BCUT2D eigenvalue weighted by atomic mass is 10.1. The summed E-state index contributed by atoms with van der Waals surface area (Å²) in [6.07, 6.45) is 0.0860. The Morgan fingerprint density at radius 2 is 2.25 bits per heavy atom. The van der Waals surface area contributed by atoms with E-state index in [1.54, 1.807) is 13.8 Å². The van der Waals surface area contributed by atoms with Crippen LogP contribution in [0.3, 0.4) is 0 Å². The van der Waals surface area contributed by atoms with Gasteiger partial charge in [-0.1, -0.05) is 11.3 Å². The number of anilines is 1. The van der Waals surface area contributed by atoms with Gasteiger partial charge in [-0.25, -0.2) is 9.78 Å². The van der Waals surface area contributed by atoms with Gasteiger partial charge in [-0.05, 0) is 13.8 Å². The number of amides is 2. The van der Waals surface area contributed by atoms with Gasteiger partial charge in [0, 0.05) is 13.0 Å². The Kier molecular flexibility index (Phi) is 4.03. The number of rotatable bonds is 4. The summed E-state index contributed by atoms with van der Waals surface area (Å²) in [6.45, 7) is 3.89. The Bertz CT molecular complexity index is 569. The van der Waals surface area contributed by atoms with E-state index in [0.29, 0.717) is 15.7 Å². The van der Waals surface area contributed by atoms with E-state index in [-0.39, 0.29) is 25.5 Å². The smallest absolute Gasteiger partial charge is 0.350 e. The van der Waals surface area contributed by atoms with Crippen LogP contribution in [0, 0.1) is 12.8 Å². The first-order valence-electron chi connectivity index (χ1n) is 6.18. The Morgan fingerprint density at radius 3 is 2.80 bits per heavy atom. The predicted octanol–water partition coefficient (Wildman–Crippen LogP) is 0.466. The summed E-state index contributed by atoms with van der Waals surface area (Å²) in [6, 6.07) is 0. The van der Waals surface area contributed by atoms with Crippen molar-refractivity contribution in [1.29, 1.82) is 0 Å². The average molecular weight is 297 g/mol. The average Bonchev–Trinajstić information content (AvgIpc) is 2.93. The molecule has 1 unspecified atom stereocenters. The minimum atomic E-state index is -0.502. The lowest BCUT2D eigenvalue weighted by molar-refractivity contribution is -0.123. The number of carbonyl (C=O) groups excluding carboxylic acids is 3. The van der Waals surface area contributed by atoms with Gasteiger partial charge in [0.2, 0.25) is 11.8 Å². The lowest BCUT2D eigenvalue weighted by Crippen LogP contribution is -2.28. The predicted molar refractivity (Wildman–Crippen MR) is 72.5 cm³/mol. The summed E-state index contributed by atoms with van der Waals surface area (Å²) in [4.78, 5) is 40.7. The highest BCUT2D eigenvalue weighted by Gasteiger charge is 2.36. The fourth-order valence-corrected chi connectivity index (χ4v) is 2.95. The van der Waals surface area contributed by atoms with E-state index < -0.39 is 17.8 Å². The second-order valence-electron chi connectivity index (χ2n) is 4.44. The normalized spacial score (nSPS) is 18.4. The first-order valence-corrected chi connectivity index (χ1v) is 7.00. The standard InChI is InChI=1S/C12H15N3O4S/c1-3-19-11(18)9-6(2)14-12(20-9)15-5-7(10(13)17)4-8(15)16/h7H,3-5H2,1-2H3,(H2,13,17). The van der Waals surface area contributed by atoms with Gasteiger partial charge in [0.25, 0.3) is 0 Å². The van der Waals surface area contributed by atoms with Crippen LogP contribution >= 0.6 is 11.3 Å². The number of thiazole rings is 1. The summed E-state index contributed by atoms with van der Waals surface area (Å²) in [5, 5.41) is 0.402. The second kappa shape index (κ2) is 5.58. The fraction of sp³-hybridized carbons (Fsp3) is 0.500. The first kappa shape index (κ1) is 14.4. The highest BCUT2D eigenvalue weighted by Crippen LogP contribution is 2.31. The van der Waals surface area contributed by atoms with Crippen LogP contribution in [0.1, 0.15) is 28.7 Å². The van der Waals surface area contributed by atoms with Gasteiger partial charge in [0.1, 0.15) is 4.88 Å². The van der Waals surface area contributed by atoms with Crippen LogP contribution in [0.25, 0.3) is 0 Å². The van der Waals surface area contributed by atoms with Gasteiger partial charge in [-0.3, -0.25) is 14.5 Å². The molecule has 1 aliphatic heterocycles. The molecule has 0 saturated carbocycles. The van der Waals surface area contributed by atoms with Gasteiger partial charge in [-0.15, -0.1) is 0 Å². The monoisotopic (exact) mass is 297 g/mol. The van der Waals surface area contributed by atoms with Crippen LogP contribution in [0.15, 0.2) is 0 Å². The number of nitrogens with two attached hydrogens (primary N) is 1. The third-order valence-electron chi connectivity index (χ3n) is 3.00. The van der Waals surface area contributed by atoms with Gasteiger partial charge < -0.3 is 10.5 Å². The number of esters is 1. The quantitative estimate of drug-likeness (QED) is 0.814. The Balaban J connectivity index is 2.22. The van der Waals surface area contributed by atoms with E-state index >= 15 is 0 Å². The molecule has 1 fully saturated rings. The van der Waals surface area contributed by atoms with E-state index in [0.717, 1.165) is 11.3 Å². The van der Waals surface area contributed by atoms with Crippen molar-refractivity contribution < 1.29 is 19.1 Å². The van der Waals surface area contributed by atoms with E-state index in [9.17, 15) is 14.4 Å². The SMILES string of the molecule is CCOC(=O)c1sc(N2CC(C(N)=O)CC2=O)nc1C. The molecule has 1 aromatic rings. The van der Waals surface area contributed by atoms with E-state index in [1.807, 2.05) is 0 Å². The van der Waals surface area contributed by atoms with Gasteiger partial charge in [0.15, 0.2) is 5.13 Å². The Morgan fingerprint density at radius 1 is 1.55 bits per heavy atom. The van der Waals surface area contributed by atoms with E-state index in [1.165, 1.54) is 4.90 Å². The number of hydrogen-bond acceptors (Lipinski definition) is 6. The molecule has 2 heterocycles. The van der Waals surface area contributed by atoms with Crippen LogP contribution in [0.5, 0.6) is 0 Å². The molecular formula is C12H15N3O4S. The number of primary amides is 1. The number of aromatic nitrogens is 1. The Hall–Kier alpha value is -1.96. The molecule has 1 saturated heterocycles. The summed E-state index contributed by atoms with van der Waals surface area (Å²) >= 11 is 1.09. The largest absolute Gasteiger partial charge is 0.462 e. The zero-order valence-electron chi connectivity index (χ0n) is 11.2. The van der Waals surface area contributed by atoms with Crippen LogP contribution in [-0.2, 0) is 14.3 Å². The molecule has 1 aliphatic rings. The molecule has 108 valence electrons. The second-order valence-corrected chi connectivity index (χ2v) is 5.42. The maximum atomic E-state index is 11.9. The van der Waals surface area contributed by atoms with Crippen LogP contribution in [0.2, 0.25) is 0 Å². The highest BCUT2D eigenvalue weighted by molar-refractivity contribution is 7.17. The molecule has 7 nitrogen and oxygen atoms in total. The number of nitrogens with zero attached hydrogens (tertiary/aromatic N) is 2. The van der Waals surface area contributed by atoms with E-state index in [2.05, 4.69) is 4.98 Å². The number of aryl methyl sites for hydroxylation is 1. The van der Waals surface area contributed by atoms with Crippen molar-refractivity contribution >= 4 is 34.3 Å². The molecule has 0 aromatic carbocycles. The zero-order valence-corrected chi connectivity index (χ0v) is 12.0. The molecule has 2 N–H and O–H groups in total. The van der Waals surface area contributed by atoms with Crippen LogP contribution < -0.4 is 10.6 Å². The van der Waals surface area contributed by atoms with E-state index in [4.69, 9.17) is 10.5 Å². The maximum absolute atomic E-state index is 11.9. The zero-order chi connectivity index (χ0) is 14.9. The van der Waals surface area contributed by atoms with Crippen molar-refractivity contribution in [2.75, 3.05) is 18.1 Å². The minimum Gasteiger partial charge on any atom is -0.462 e. The number of hydrogen-bond donors (Lipinski definition) is 1. The summed E-state index contributed by atoms with van der Waals surface area (Å²) < 4.78 is 4.92. The third-order valence-corrected chi connectivity index (χ3v) is 4.16. The topological polar surface area (TPSA) is 103 Å². The van der Waals surface area contributed by atoms with Gasteiger partial charge in [0.05, 0.1) is 18.2 Å². The molecule has 1 atom stereocenters. The van der Waals surface area contributed by atoms with Crippen molar-refractivity contribution in [3.05, 3.63) is 10.6 Å². The molecule has 0 spiro atoms. The molecule has 2 amide bonds. The molecular weight excluding hydrogens is 282 g/mol. The summed E-state index contributed by atoms with van der Waals surface area (Å²) in [5.74, 6) is -1.66. The van der Waals surface area contributed by atoms with Crippen molar-refractivity contribution in [2.45, 2.75) is 20.3 Å². The highest BCUT2D eigenvalue weighted by atomic mass is 32.1. The molecule has 0 radical (unpaired) electrons. The lowest BCUT2D eigenvalue weighted by Gasteiger charge is -2.11. The maximum Gasteiger partial charge on any atom is 0.350 e. The molecule has 1 aromatic heterocycles.